The van der Waals surface area contributed by atoms with Gasteiger partial charge in [-0.15, -0.1) is 0 Å². The number of aliphatic hydroxyl groups is 24. The largest absolute Gasteiger partial charge is 0.394 e. The van der Waals surface area contributed by atoms with Gasteiger partial charge in [-0.25, -0.2) is 0 Å². The van der Waals surface area contributed by atoms with Crippen LogP contribution in [0.1, 0.15) is 27.7 Å². The monoisotopic (exact) mass is 1550 g/mol. The smallest absolute Gasteiger partial charge is 0.217 e. The SMILES string of the molecule is CC(=O)N[C@@H]1[C@@H](O[C@@H]2O[C@@H](C)[C@@H](O)[C@@H](O)[C@@H]2O)[C@H](O[C@@H]2O[C@H](CO)[C@@H](O[C@@H]3O[C@H](CO[C@H]4O[C@H](CO)[C@@H](O)[C@H](O)[C@@H]4O)[C@@H](O)[C@H](O[C@H]4O[C@H](CO)[C@@H](O[C@@H]5O[C@H](CO)[C@@H](O)[C@H](O[C@@H]6O[C@H](CO)[C@H](O)[C@H](O)[C@H]6O)[C@H]5NC(C)=O)[C@H](O)[C@@H]4O)[C@@H]3O[C@@H]3O[C@H](CO)[C@H](O)[C@H]3O)[C@H](O)[C@H]2NC(C)=O)[C@@H](CO)O[C@H]1O. The molecule has 27 N–H and O–H groups in total. The zero-order chi connectivity index (χ0) is 77.9. The van der Waals surface area contributed by atoms with Gasteiger partial charge in [-0.2, -0.15) is 0 Å². The second kappa shape index (κ2) is 37.6. The molecule has 106 heavy (non-hydrogen) atoms. The number of rotatable bonds is 27. The molecule has 47 heteroatoms. The number of amides is 3. The Balaban J connectivity index is 1.06. The van der Waals surface area contributed by atoms with Crippen molar-refractivity contribution in [2.24, 2.45) is 0 Å². The van der Waals surface area contributed by atoms with Crippen molar-refractivity contribution in [2.75, 3.05) is 52.9 Å². The number of carbonyl (C=O) groups is 3. The molecule has 47 nitrogen and oxygen atoms in total. The Morgan fingerprint density at radius 3 is 1.11 bits per heavy atom. The van der Waals surface area contributed by atoms with E-state index in [0.717, 1.165) is 20.8 Å². The van der Waals surface area contributed by atoms with Crippen LogP contribution in [-0.2, 0) is 94.9 Å². The van der Waals surface area contributed by atoms with Crippen LogP contribution in [0.5, 0.6) is 0 Å². The fourth-order valence-electron chi connectivity index (χ4n) is 13.8. The van der Waals surface area contributed by atoms with E-state index < -0.39 is 341 Å². The van der Waals surface area contributed by atoms with Crippen molar-refractivity contribution in [1.82, 2.24) is 16.0 Å². The quantitative estimate of drug-likeness (QED) is 0.0363. The van der Waals surface area contributed by atoms with Gasteiger partial charge in [0.2, 0.25) is 17.7 Å². The van der Waals surface area contributed by atoms with Crippen LogP contribution in [0.2, 0.25) is 0 Å². The Labute approximate surface area is 600 Å². The number of nitrogens with one attached hydrogen (secondary N) is 3. The lowest BCUT2D eigenvalue weighted by molar-refractivity contribution is -0.403. The van der Waals surface area contributed by atoms with Crippen LogP contribution >= 0.6 is 0 Å². The highest BCUT2D eigenvalue weighted by atomic mass is 16.8. The third-order valence-corrected chi connectivity index (χ3v) is 19.6. The highest BCUT2D eigenvalue weighted by Crippen LogP contribution is 2.41. The van der Waals surface area contributed by atoms with Crippen LogP contribution in [0.15, 0.2) is 0 Å². The number of aliphatic hydroxyl groups excluding tert-OH is 24. The van der Waals surface area contributed by atoms with Gasteiger partial charge in [-0.1, -0.05) is 0 Å². The van der Waals surface area contributed by atoms with Gasteiger partial charge in [-0.3, -0.25) is 14.4 Å². The van der Waals surface area contributed by atoms with E-state index in [1.807, 2.05) is 0 Å². The average Bonchev–Trinajstić information content (AvgIpc) is 0.825. The van der Waals surface area contributed by atoms with E-state index in [1.165, 1.54) is 6.92 Å². The normalized spacial score (nSPS) is 50.3. The van der Waals surface area contributed by atoms with Crippen molar-refractivity contribution in [3.8, 4) is 0 Å². The summed E-state index contributed by atoms with van der Waals surface area (Å²) in [6.45, 7) is -4.43. The van der Waals surface area contributed by atoms with E-state index in [2.05, 4.69) is 16.0 Å². The second-order valence-corrected chi connectivity index (χ2v) is 26.9. The number of ether oxygens (including phenoxy) is 17. The maximum Gasteiger partial charge on any atom is 0.217 e. The topological polar surface area (TPSA) is 730 Å². The molecule has 0 spiro atoms. The Bertz CT molecular complexity index is 2760. The van der Waals surface area contributed by atoms with Gasteiger partial charge < -0.3 is 219 Å². The summed E-state index contributed by atoms with van der Waals surface area (Å²) < 4.78 is 101. The fourth-order valence-corrected chi connectivity index (χ4v) is 13.8. The van der Waals surface area contributed by atoms with E-state index >= 15 is 0 Å². The van der Waals surface area contributed by atoms with Crippen molar-refractivity contribution >= 4 is 17.7 Å². The molecule has 614 valence electrons. The lowest BCUT2D eigenvalue weighted by atomic mass is 9.93. The second-order valence-electron chi connectivity index (χ2n) is 26.9. The van der Waals surface area contributed by atoms with Gasteiger partial charge in [0.05, 0.1) is 59.0 Å². The molecule has 0 unspecified atom stereocenters. The lowest BCUT2D eigenvalue weighted by Crippen LogP contribution is -2.71. The minimum absolute atomic E-state index is 0.841. The molecule has 0 aliphatic carbocycles. The molecular formula is C59H99N3O44. The number of carbonyl (C=O) groups excluding carboxylic acids is 3. The summed E-state index contributed by atoms with van der Waals surface area (Å²) in [5, 5.41) is 272. The summed E-state index contributed by atoms with van der Waals surface area (Å²) in [6.07, 6.45) is -83.2. The molecule has 9 heterocycles. The van der Waals surface area contributed by atoms with Gasteiger partial charge in [0.1, 0.15) is 207 Å². The van der Waals surface area contributed by atoms with Gasteiger partial charge >= 0.3 is 0 Å². The molecule has 0 bridgehead atoms. The molecule has 9 aliphatic heterocycles. The molecule has 0 aromatic heterocycles. The molecule has 0 aromatic rings. The summed E-state index contributed by atoms with van der Waals surface area (Å²) >= 11 is 0. The zero-order valence-electron chi connectivity index (χ0n) is 57.0. The van der Waals surface area contributed by atoms with Gasteiger partial charge in [0, 0.05) is 20.8 Å². The summed E-state index contributed by atoms with van der Waals surface area (Å²) in [5.41, 5.74) is 0. The van der Waals surface area contributed by atoms with Crippen molar-refractivity contribution < 1.29 is 217 Å². The summed E-state index contributed by atoms with van der Waals surface area (Å²) in [6, 6.07) is -5.57. The summed E-state index contributed by atoms with van der Waals surface area (Å²) in [4.78, 5) is 38.8. The Morgan fingerprint density at radius 1 is 0.264 bits per heavy atom. The molecule has 9 aliphatic rings. The van der Waals surface area contributed by atoms with Gasteiger partial charge in [-0.05, 0) is 6.92 Å². The van der Waals surface area contributed by atoms with E-state index in [1.54, 1.807) is 0 Å². The molecule has 0 saturated carbocycles. The minimum atomic E-state index is -2.52. The first kappa shape index (κ1) is 86.7. The van der Waals surface area contributed by atoms with Crippen LogP contribution in [-0.4, -0.2) is 463 Å². The zero-order valence-corrected chi connectivity index (χ0v) is 57.0. The fraction of sp³-hybridized carbons (Fsp3) is 0.949. The van der Waals surface area contributed by atoms with Crippen molar-refractivity contribution in [3.05, 3.63) is 0 Å². The Kier molecular flexibility index (Phi) is 30.8. The highest BCUT2D eigenvalue weighted by molar-refractivity contribution is 5.74. The molecule has 0 aromatic carbocycles. The maximum atomic E-state index is 13.2. The predicted molar refractivity (Wildman–Crippen MR) is 324 cm³/mol. The molecule has 0 radical (unpaired) electrons. The maximum absolute atomic E-state index is 13.2. The lowest BCUT2D eigenvalue weighted by Gasteiger charge is -2.52. The average molecular weight is 1550 g/mol. The molecule has 9 saturated heterocycles. The van der Waals surface area contributed by atoms with E-state index in [-0.39, 0.29) is 0 Å². The Morgan fingerprint density at radius 2 is 0.585 bits per heavy atom. The first-order valence-corrected chi connectivity index (χ1v) is 33.9. The van der Waals surface area contributed by atoms with E-state index in [0.29, 0.717) is 0 Å². The Hall–Kier alpha value is -3.23. The van der Waals surface area contributed by atoms with Crippen molar-refractivity contribution in [1.29, 1.82) is 0 Å². The van der Waals surface area contributed by atoms with Crippen molar-refractivity contribution in [2.45, 2.75) is 298 Å². The first-order valence-electron chi connectivity index (χ1n) is 33.9. The number of hydrogen-bond donors (Lipinski definition) is 27. The van der Waals surface area contributed by atoms with E-state index in [4.69, 9.17) is 80.5 Å². The van der Waals surface area contributed by atoms with Crippen molar-refractivity contribution in [3.63, 3.8) is 0 Å². The molecule has 44 atom stereocenters. The predicted octanol–water partition coefficient (Wildman–Crippen LogP) is -18.5. The molecule has 3 amide bonds. The van der Waals surface area contributed by atoms with Crippen LogP contribution in [0.25, 0.3) is 0 Å². The van der Waals surface area contributed by atoms with Crippen LogP contribution in [0.4, 0.5) is 0 Å². The van der Waals surface area contributed by atoms with Crippen LogP contribution < -0.4 is 16.0 Å². The molecule has 9 rings (SSSR count). The van der Waals surface area contributed by atoms with Crippen LogP contribution in [0, 0.1) is 0 Å². The minimum Gasteiger partial charge on any atom is -0.394 e. The molecule has 9 fully saturated rings. The standard InChI is InChI=1S/C59H99N3O44/c1-13-28(73)35(80)41(86)55(91-13)104-48-26(61-15(3)71)51(89)92-23(11-69)46(48)102-52-25(60-14(2)70)34(79)44(21(9-67)97-52)101-59-50(106-56-39(84)31(76)19(7-65)96-56)49(33(78)24(99-59)12-90-54-40(85)36(81)29(74)17(5-63)94-54)105-58-43(88)38(83)45(22(10-68)98-58)100-53-27(62-16(4)72)47(32(77)20(8-66)93-53)103-57-42(87)37(82)30(75)18(6-64)95-57/h13,17-59,63-69,73-89H,5-12H2,1-4H3,(H,60,70)(H,61,71)(H,62,72)/t13-,17+,18+,19+,20+,21+,22+,23+,24+,25+,26+,27+,28+,29+,30-,31-,32+,33+,34+,35+,36-,37-,38+,39+,40-,41-,42+,43-,44+,45+,46+,47+,48+,49-,50-,51+,52-,53-,54-,55-,56-,57-,58+,59-/m0/s1. The number of hydrogen-bond acceptors (Lipinski definition) is 44. The summed E-state index contributed by atoms with van der Waals surface area (Å²) in [5.74, 6) is -2.72. The third kappa shape index (κ3) is 18.7. The summed E-state index contributed by atoms with van der Waals surface area (Å²) in [7, 11) is 0. The highest BCUT2D eigenvalue weighted by Gasteiger charge is 2.61. The van der Waals surface area contributed by atoms with Gasteiger partial charge in [0.15, 0.2) is 56.6 Å². The first-order chi connectivity index (χ1) is 50.2. The van der Waals surface area contributed by atoms with Gasteiger partial charge in [0.25, 0.3) is 0 Å². The molecular weight excluding hydrogens is 1450 g/mol. The van der Waals surface area contributed by atoms with E-state index in [9.17, 15) is 137 Å². The third-order valence-electron chi connectivity index (χ3n) is 19.6. The van der Waals surface area contributed by atoms with Crippen LogP contribution in [0.3, 0.4) is 0 Å².